The second-order valence-electron chi connectivity index (χ2n) is 5.27. The van der Waals surface area contributed by atoms with Crippen LogP contribution in [-0.2, 0) is 10.0 Å². The third-order valence-corrected chi connectivity index (χ3v) is 5.86. The molecule has 7 heteroatoms. The quantitative estimate of drug-likeness (QED) is 0.866. The molecule has 0 saturated carbocycles. The molecule has 0 heterocycles. The Balaban J connectivity index is 2.36. The summed E-state index contributed by atoms with van der Waals surface area (Å²) in [7, 11) is -3.80. The first-order valence-electron chi connectivity index (χ1n) is 7.38. The van der Waals surface area contributed by atoms with E-state index in [1.54, 1.807) is 26.0 Å². The Morgan fingerprint density at radius 1 is 1.12 bits per heavy atom. The lowest BCUT2D eigenvalue weighted by Gasteiger charge is -2.27. The molecule has 0 radical (unpaired) electrons. The number of hydrogen-bond acceptors (Lipinski definition) is 3. The number of carboxylic acid groups (broad SMARTS) is 1. The number of benzene rings is 2. The van der Waals surface area contributed by atoms with E-state index >= 15 is 0 Å². The number of nitrogens with zero attached hydrogens (tertiary/aromatic N) is 1. The van der Waals surface area contributed by atoms with Crippen molar-refractivity contribution in [2.75, 3.05) is 6.54 Å². The summed E-state index contributed by atoms with van der Waals surface area (Å²) in [5, 5.41) is 8.90. The molecule has 0 aromatic heterocycles. The fraction of sp³-hybridized carbons (Fsp3) is 0.235. The third kappa shape index (κ3) is 3.63. The van der Waals surface area contributed by atoms with E-state index in [0.717, 1.165) is 0 Å². The summed E-state index contributed by atoms with van der Waals surface area (Å²) in [5.74, 6) is -1.51. The van der Waals surface area contributed by atoms with Crippen molar-refractivity contribution >= 4 is 16.0 Å². The topological polar surface area (TPSA) is 74.7 Å². The van der Waals surface area contributed by atoms with Crippen molar-refractivity contribution in [3.8, 4) is 0 Å². The van der Waals surface area contributed by atoms with Gasteiger partial charge in [-0.15, -0.1) is 0 Å². The lowest BCUT2D eigenvalue weighted by Crippen LogP contribution is -2.33. The Kier molecular flexibility index (Phi) is 5.36. The van der Waals surface area contributed by atoms with Gasteiger partial charge in [-0.1, -0.05) is 19.1 Å². The maximum absolute atomic E-state index is 13.1. The van der Waals surface area contributed by atoms with Crippen molar-refractivity contribution in [1.29, 1.82) is 0 Å². The number of carbonyl (C=O) groups is 1. The fourth-order valence-corrected chi connectivity index (χ4v) is 4.09. The normalized spacial score (nSPS) is 13.0. The highest BCUT2D eigenvalue weighted by Crippen LogP contribution is 2.27. The zero-order valence-electron chi connectivity index (χ0n) is 13.3. The van der Waals surface area contributed by atoms with Gasteiger partial charge in [0, 0.05) is 12.6 Å². The minimum atomic E-state index is -3.80. The van der Waals surface area contributed by atoms with Gasteiger partial charge in [0.2, 0.25) is 10.0 Å². The number of sulfonamides is 1. The van der Waals surface area contributed by atoms with Crippen LogP contribution in [0, 0.1) is 5.82 Å². The van der Waals surface area contributed by atoms with E-state index in [-0.39, 0.29) is 22.8 Å². The third-order valence-electron chi connectivity index (χ3n) is 3.80. The molecule has 0 spiro atoms. The molecule has 0 aliphatic carbocycles. The molecule has 2 aromatic carbocycles. The molecule has 2 rings (SSSR count). The van der Waals surface area contributed by atoms with Crippen LogP contribution in [0.15, 0.2) is 53.4 Å². The van der Waals surface area contributed by atoms with Crippen LogP contribution in [0.2, 0.25) is 0 Å². The average Bonchev–Trinajstić information content (AvgIpc) is 2.55. The van der Waals surface area contributed by atoms with E-state index in [1.165, 1.54) is 40.7 Å². The first-order valence-corrected chi connectivity index (χ1v) is 8.82. The standard InChI is InChI=1S/C17H18FNO4S/c1-3-19(12(2)13-4-8-15(18)9-5-13)24(22,23)16-10-6-14(7-11-16)17(20)21/h4-12H,3H2,1-2H3,(H,20,21). The van der Waals surface area contributed by atoms with Crippen molar-refractivity contribution < 1.29 is 22.7 Å². The molecule has 5 nitrogen and oxygen atoms in total. The van der Waals surface area contributed by atoms with Crippen molar-refractivity contribution in [2.24, 2.45) is 0 Å². The number of carboxylic acids is 1. The van der Waals surface area contributed by atoms with E-state index in [0.29, 0.717) is 5.56 Å². The zero-order valence-corrected chi connectivity index (χ0v) is 14.1. The molecule has 0 fully saturated rings. The maximum Gasteiger partial charge on any atom is 0.335 e. The first-order chi connectivity index (χ1) is 11.3. The minimum absolute atomic E-state index is 0.0170. The highest BCUT2D eigenvalue weighted by atomic mass is 32.2. The molecule has 0 aliphatic rings. The van der Waals surface area contributed by atoms with Crippen molar-refractivity contribution in [3.63, 3.8) is 0 Å². The van der Waals surface area contributed by atoms with E-state index in [2.05, 4.69) is 0 Å². The number of rotatable bonds is 6. The Labute approximate surface area is 140 Å². The Morgan fingerprint density at radius 3 is 2.12 bits per heavy atom. The van der Waals surface area contributed by atoms with Gasteiger partial charge in [0.25, 0.3) is 0 Å². The predicted molar refractivity (Wildman–Crippen MR) is 87.8 cm³/mol. The van der Waals surface area contributed by atoms with Crippen molar-refractivity contribution in [2.45, 2.75) is 24.8 Å². The van der Waals surface area contributed by atoms with Gasteiger partial charge in [0.1, 0.15) is 5.82 Å². The lowest BCUT2D eigenvalue weighted by molar-refractivity contribution is 0.0696. The first kappa shape index (κ1) is 18.1. The Morgan fingerprint density at radius 2 is 1.67 bits per heavy atom. The van der Waals surface area contributed by atoms with Gasteiger partial charge >= 0.3 is 5.97 Å². The van der Waals surface area contributed by atoms with E-state index in [9.17, 15) is 17.6 Å². The van der Waals surface area contributed by atoms with Crippen LogP contribution < -0.4 is 0 Å². The molecule has 0 bridgehead atoms. The fourth-order valence-electron chi connectivity index (χ4n) is 2.46. The molecule has 1 N–H and O–H groups in total. The van der Waals surface area contributed by atoms with E-state index < -0.39 is 22.0 Å². The molecular weight excluding hydrogens is 333 g/mol. The van der Waals surface area contributed by atoms with Crippen LogP contribution in [0.4, 0.5) is 4.39 Å². The van der Waals surface area contributed by atoms with Crippen molar-refractivity contribution in [3.05, 3.63) is 65.5 Å². The van der Waals surface area contributed by atoms with Crippen LogP contribution >= 0.6 is 0 Å². The maximum atomic E-state index is 13.1. The largest absolute Gasteiger partial charge is 0.478 e. The average molecular weight is 351 g/mol. The van der Waals surface area contributed by atoms with Gasteiger partial charge in [-0.3, -0.25) is 0 Å². The number of halogens is 1. The summed E-state index contributed by atoms with van der Waals surface area (Å²) in [6.07, 6.45) is 0. The summed E-state index contributed by atoms with van der Waals surface area (Å²) in [6, 6.07) is 10.2. The van der Waals surface area contributed by atoms with Gasteiger partial charge in [0.15, 0.2) is 0 Å². The molecule has 128 valence electrons. The smallest absolute Gasteiger partial charge is 0.335 e. The molecule has 1 unspecified atom stereocenters. The van der Waals surface area contributed by atoms with Gasteiger partial charge in [-0.2, -0.15) is 4.31 Å². The van der Waals surface area contributed by atoms with Gasteiger partial charge in [-0.05, 0) is 48.9 Å². The molecular formula is C17H18FNO4S. The van der Waals surface area contributed by atoms with Crippen LogP contribution in [0.25, 0.3) is 0 Å². The van der Waals surface area contributed by atoms with E-state index in [4.69, 9.17) is 5.11 Å². The summed E-state index contributed by atoms with van der Waals surface area (Å²) < 4.78 is 40.0. The van der Waals surface area contributed by atoms with Gasteiger partial charge in [-0.25, -0.2) is 17.6 Å². The summed E-state index contributed by atoms with van der Waals surface area (Å²) in [5.41, 5.74) is 0.688. The molecule has 0 aliphatic heterocycles. The second-order valence-corrected chi connectivity index (χ2v) is 7.16. The summed E-state index contributed by atoms with van der Waals surface area (Å²) in [6.45, 7) is 3.66. The Bertz CT molecular complexity index is 817. The molecule has 1 atom stereocenters. The molecule has 0 saturated heterocycles. The van der Waals surface area contributed by atoms with E-state index in [1.807, 2.05) is 0 Å². The van der Waals surface area contributed by atoms with Crippen LogP contribution in [0.1, 0.15) is 35.8 Å². The Hall–Kier alpha value is -2.25. The zero-order chi connectivity index (χ0) is 17.9. The SMILES string of the molecule is CCN(C(C)c1ccc(F)cc1)S(=O)(=O)c1ccc(C(=O)O)cc1. The summed E-state index contributed by atoms with van der Waals surface area (Å²) >= 11 is 0. The van der Waals surface area contributed by atoms with Crippen LogP contribution in [-0.4, -0.2) is 30.3 Å². The van der Waals surface area contributed by atoms with Crippen LogP contribution in [0.5, 0.6) is 0 Å². The van der Waals surface area contributed by atoms with Gasteiger partial charge in [0.05, 0.1) is 10.5 Å². The lowest BCUT2D eigenvalue weighted by atomic mass is 10.1. The second kappa shape index (κ2) is 7.11. The number of aromatic carboxylic acids is 1. The van der Waals surface area contributed by atoms with Crippen molar-refractivity contribution in [1.82, 2.24) is 4.31 Å². The molecule has 24 heavy (non-hydrogen) atoms. The summed E-state index contributed by atoms with van der Waals surface area (Å²) in [4.78, 5) is 10.9. The van der Waals surface area contributed by atoms with Gasteiger partial charge < -0.3 is 5.11 Å². The molecule has 2 aromatic rings. The number of hydrogen-bond donors (Lipinski definition) is 1. The molecule has 0 amide bonds. The highest BCUT2D eigenvalue weighted by molar-refractivity contribution is 7.89. The van der Waals surface area contributed by atoms with Crippen LogP contribution in [0.3, 0.4) is 0 Å². The predicted octanol–water partition coefficient (Wildman–Crippen LogP) is 3.30. The monoisotopic (exact) mass is 351 g/mol. The minimum Gasteiger partial charge on any atom is -0.478 e. The highest BCUT2D eigenvalue weighted by Gasteiger charge is 2.28.